The predicted molar refractivity (Wildman–Crippen MR) is 84.1 cm³/mol. The lowest BCUT2D eigenvalue weighted by Gasteiger charge is -2.23. The van der Waals surface area contributed by atoms with Gasteiger partial charge in [0.15, 0.2) is 0 Å². The second-order valence-corrected chi connectivity index (χ2v) is 5.19. The van der Waals surface area contributed by atoms with Crippen LogP contribution in [0.1, 0.15) is 5.56 Å². The number of aromatic nitrogens is 1. The van der Waals surface area contributed by atoms with Crippen molar-refractivity contribution in [2.24, 2.45) is 0 Å². The molecular formula is C16H17N3O4. The normalized spacial score (nSPS) is 14.7. The van der Waals surface area contributed by atoms with Gasteiger partial charge in [0.25, 0.3) is 11.8 Å². The molecule has 1 aliphatic rings. The number of imide groups is 1. The van der Waals surface area contributed by atoms with Crippen molar-refractivity contribution in [2.75, 3.05) is 26.3 Å². The van der Waals surface area contributed by atoms with Crippen LogP contribution in [0.2, 0.25) is 0 Å². The van der Waals surface area contributed by atoms with Gasteiger partial charge in [-0.05, 0) is 6.07 Å². The van der Waals surface area contributed by atoms with E-state index >= 15 is 0 Å². The van der Waals surface area contributed by atoms with Gasteiger partial charge in [0, 0.05) is 35.8 Å². The van der Waals surface area contributed by atoms with Gasteiger partial charge in [-0.2, -0.15) is 0 Å². The Balaban J connectivity index is 2.18. The molecule has 7 nitrogen and oxygen atoms in total. The van der Waals surface area contributed by atoms with Gasteiger partial charge in [0.05, 0.1) is 18.8 Å². The van der Waals surface area contributed by atoms with E-state index in [1.807, 2.05) is 24.3 Å². The van der Waals surface area contributed by atoms with Crippen LogP contribution in [-0.4, -0.2) is 58.2 Å². The lowest BCUT2D eigenvalue weighted by atomic mass is 10.0. The maximum atomic E-state index is 12.3. The number of amides is 2. The number of hydrogen-bond donors (Lipinski definition) is 4. The molecule has 3 rings (SSSR count). The molecule has 1 aliphatic heterocycles. The first-order valence-corrected chi connectivity index (χ1v) is 7.30. The minimum atomic E-state index is -0.516. The number of H-pyrrole nitrogens is 1. The number of rotatable bonds is 6. The van der Waals surface area contributed by atoms with Crippen LogP contribution in [0.25, 0.3) is 16.5 Å². The average molecular weight is 315 g/mol. The van der Waals surface area contributed by atoms with E-state index in [1.165, 1.54) is 4.90 Å². The Morgan fingerprint density at radius 2 is 1.70 bits per heavy atom. The van der Waals surface area contributed by atoms with Crippen molar-refractivity contribution >= 4 is 28.3 Å². The lowest BCUT2D eigenvalue weighted by molar-refractivity contribution is -0.124. The Morgan fingerprint density at radius 3 is 2.39 bits per heavy atom. The van der Waals surface area contributed by atoms with E-state index in [4.69, 9.17) is 0 Å². The zero-order valence-electron chi connectivity index (χ0n) is 12.4. The number of aromatic amines is 1. The van der Waals surface area contributed by atoms with Gasteiger partial charge < -0.3 is 20.1 Å². The van der Waals surface area contributed by atoms with Crippen molar-refractivity contribution in [2.45, 2.75) is 0 Å². The SMILES string of the molecule is O=C1NC(=O)C(N(CCO)CCO)=C1c1c[nH]c2ccccc12. The molecule has 0 aliphatic carbocycles. The Bertz CT molecular complexity index is 787. The number of nitrogens with one attached hydrogen (secondary N) is 2. The molecule has 7 heteroatoms. The minimum Gasteiger partial charge on any atom is -0.395 e. The molecule has 4 N–H and O–H groups in total. The summed E-state index contributed by atoms with van der Waals surface area (Å²) in [6.45, 7) is -0.0663. The highest BCUT2D eigenvalue weighted by molar-refractivity contribution is 6.37. The number of carbonyl (C=O) groups is 2. The number of para-hydroxylation sites is 1. The van der Waals surface area contributed by atoms with Crippen LogP contribution in [0.5, 0.6) is 0 Å². The molecule has 2 heterocycles. The van der Waals surface area contributed by atoms with E-state index in [9.17, 15) is 19.8 Å². The quantitative estimate of drug-likeness (QED) is 0.554. The van der Waals surface area contributed by atoms with Crippen LogP contribution in [0, 0.1) is 0 Å². The first-order valence-electron chi connectivity index (χ1n) is 7.30. The van der Waals surface area contributed by atoms with Crippen molar-refractivity contribution < 1.29 is 19.8 Å². The Morgan fingerprint density at radius 1 is 1.00 bits per heavy atom. The molecule has 0 bridgehead atoms. The van der Waals surface area contributed by atoms with Crippen LogP contribution >= 0.6 is 0 Å². The zero-order chi connectivity index (χ0) is 16.4. The van der Waals surface area contributed by atoms with Crippen LogP contribution in [0.4, 0.5) is 0 Å². The Hall–Kier alpha value is -2.64. The van der Waals surface area contributed by atoms with E-state index in [2.05, 4.69) is 10.3 Å². The minimum absolute atomic E-state index is 0.155. The van der Waals surface area contributed by atoms with Gasteiger partial charge in [0.2, 0.25) is 0 Å². The summed E-state index contributed by atoms with van der Waals surface area (Å²) in [6, 6.07) is 7.48. The molecule has 1 aromatic heterocycles. The molecule has 1 aromatic carbocycles. The number of aliphatic hydroxyl groups is 2. The topological polar surface area (TPSA) is 106 Å². The number of fused-ring (bicyclic) bond motifs is 1. The molecule has 0 radical (unpaired) electrons. The van der Waals surface area contributed by atoms with Gasteiger partial charge in [-0.3, -0.25) is 14.9 Å². The number of hydrogen-bond acceptors (Lipinski definition) is 5. The summed E-state index contributed by atoms with van der Waals surface area (Å²) in [6.07, 6.45) is 1.69. The van der Waals surface area contributed by atoms with E-state index in [0.29, 0.717) is 5.56 Å². The largest absolute Gasteiger partial charge is 0.395 e. The second kappa shape index (κ2) is 6.23. The third-order valence-electron chi connectivity index (χ3n) is 3.82. The molecular weight excluding hydrogens is 298 g/mol. The summed E-state index contributed by atoms with van der Waals surface area (Å²) < 4.78 is 0. The first-order chi connectivity index (χ1) is 11.2. The number of nitrogens with zero attached hydrogens (tertiary/aromatic N) is 1. The molecule has 0 atom stereocenters. The van der Waals surface area contributed by atoms with Crippen molar-refractivity contribution in [1.82, 2.24) is 15.2 Å². The standard InChI is InChI=1S/C16H17N3O4/c20-7-5-19(6-8-21)14-13(15(22)18-16(14)23)11-9-17-12-4-2-1-3-10(11)12/h1-4,9,17,20-21H,5-8H2,(H,18,22,23). The third-order valence-corrected chi connectivity index (χ3v) is 3.82. The Kier molecular flexibility index (Phi) is 4.14. The fourth-order valence-electron chi connectivity index (χ4n) is 2.85. The fraction of sp³-hybridized carbons (Fsp3) is 0.250. The molecule has 2 amide bonds. The van der Waals surface area contributed by atoms with Gasteiger partial charge >= 0.3 is 0 Å². The highest BCUT2D eigenvalue weighted by atomic mass is 16.3. The molecule has 0 saturated heterocycles. The van der Waals surface area contributed by atoms with Crippen molar-refractivity contribution in [3.05, 3.63) is 41.7 Å². The van der Waals surface area contributed by atoms with Crippen molar-refractivity contribution in [3.8, 4) is 0 Å². The first kappa shape index (κ1) is 15.3. The van der Waals surface area contributed by atoms with Gasteiger partial charge in [-0.25, -0.2) is 0 Å². The van der Waals surface area contributed by atoms with Gasteiger partial charge in [-0.1, -0.05) is 18.2 Å². The van der Waals surface area contributed by atoms with Crippen molar-refractivity contribution in [1.29, 1.82) is 0 Å². The molecule has 0 saturated carbocycles. The van der Waals surface area contributed by atoms with E-state index in [0.717, 1.165) is 10.9 Å². The molecule has 0 fully saturated rings. The predicted octanol–water partition coefficient (Wildman–Crippen LogP) is -0.178. The lowest BCUT2D eigenvalue weighted by Crippen LogP contribution is -2.34. The summed E-state index contributed by atoms with van der Waals surface area (Å²) in [5, 5.41) is 21.5. The fourth-order valence-corrected chi connectivity index (χ4v) is 2.85. The van der Waals surface area contributed by atoms with E-state index in [-0.39, 0.29) is 37.6 Å². The highest BCUT2D eigenvalue weighted by Gasteiger charge is 2.35. The summed E-state index contributed by atoms with van der Waals surface area (Å²) in [5.41, 5.74) is 1.93. The van der Waals surface area contributed by atoms with Gasteiger partial charge in [-0.15, -0.1) is 0 Å². The number of carbonyl (C=O) groups excluding carboxylic acids is 2. The third kappa shape index (κ3) is 2.60. The van der Waals surface area contributed by atoms with E-state index < -0.39 is 11.8 Å². The number of aliphatic hydroxyl groups excluding tert-OH is 2. The molecule has 23 heavy (non-hydrogen) atoms. The van der Waals surface area contributed by atoms with Crippen LogP contribution in [-0.2, 0) is 9.59 Å². The maximum Gasteiger partial charge on any atom is 0.275 e. The summed E-state index contributed by atoms with van der Waals surface area (Å²) in [4.78, 5) is 29.1. The second-order valence-electron chi connectivity index (χ2n) is 5.19. The van der Waals surface area contributed by atoms with E-state index in [1.54, 1.807) is 6.20 Å². The molecule has 0 unspecified atom stereocenters. The van der Waals surface area contributed by atoms with Crippen LogP contribution < -0.4 is 5.32 Å². The highest BCUT2D eigenvalue weighted by Crippen LogP contribution is 2.31. The maximum absolute atomic E-state index is 12.3. The van der Waals surface area contributed by atoms with Crippen LogP contribution in [0.15, 0.2) is 36.2 Å². The molecule has 2 aromatic rings. The molecule has 120 valence electrons. The van der Waals surface area contributed by atoms with Gasteiger partial charge in [0.1, 0.15) is 5.70 Å². The smallest absolute Gasteiger partial charge is 0.275 e. The Labute approximate surface area is 132 Å². The number of benzene rings is 1. The monoisotopic (exact) mass is 315 g/mol. The zero-order valence-corrected chi connectivity index (χ0v) is 12.4. The summed E-state index contributed by atoms with van der Waals surface area (Å²) in [7, 11) is 0. The molecule has 0 spiro atoms. The van der Waals surface area contributed by atoms with Crippen molar-refractivity contribution in [3.63, 3.8) is 0 Å². The summed E-state index contributed by atoms with van der Waals surface area (Å²) >= 11 is 0. The summed E-state index contributed by atoms with van der Waals surface area (Å²) in [5.74, 6) is -0.993. The van der Waals surface area contributed by atoms with Crippen LogP contribution in [0.3, 0.4) is 0 Å². The average Bonchev–Trinajstić information content (AvgIpc) is 3.07.